The normalized spacial score (nSPS) is 9.56. The van der Waals surface area contributed by atoms with Gasteiger partial charge in [-0.2, -0.15) is 0 Å². The van der Waals surface area contributed by atoms with Crippen molar-refractivity contribution in [3.8, 4) is 0 Å². The third-order valence-corrected chi connectivity index (χ3v) is 3.53. The molecule has 0 atom stereocenters. The summed E-state index contributed by atoms with van der Waals surface area (Å²) in [5.41, 5.74) is 2.02. The second kappa shape index (κ2) is 8.54. The third kappa shape index (κ3) is 4.99. The Labute approximate surface area is 134 Å². The van der Waals surface area contributed by atoms with Crippen molar-refractivity contribution in [3.05, 3.63) is 65.7 Å². The van der Waals surface area contributed by atoms with E-state index >= 15 is 0 Å². The zero-order chi connectivity index (χ0) is 11.9. The molecule has 0 amide bonds. The second-order valence-electron chi connectivity index (χ2n) is 3.77. The van der Waals surface area contributed by atoms with Crippen LogP contribution in [0.4, 0.5) is 0 Å². The molecule has 2 rings (SSSR count). The molecule has 0 aliphatic carbocycles. The van der Waals surface area contributed by atoms with E-state index in [1.54, 1.807) is 0 Å². The quantitative estimate of drug-likeness (QED) is 0.470. The number of hydrogen-bond donors (Lipinski definition) is 0. The Kier molecular flexibility index (Phi) is 7.36. The van der Waals surface area contributed by atoms with Crippen molar-refractivity contribution in [3.63, 3.8) is 0 Å². The van der Waals surface area contributed by atoms with Gasteiger partial charge >= 0.3 is 29.6 Å². The van der Waals surface area contributed by atoms with Crippen LogP contribution in [0.2, 0.25) is 0 Å². The first-order valence-corrected chi connectivity index (χ1v) is 6.59. The maximum atomic E-state index is 10.5. The molecule has 2 aromatic carbocycles. The summed E-state index contributed by atoms with van der Waals surface area (Å²) in [6.07, 6.45) is 1.90. The third-order valence-electron chi connectivity index (χ3n) is 2.52. The summed E-state index contributed by atoms with van der Waals surface area (Å²) in [5.74, 6) is 1.06. The Bertz CT molecular complexity index is 468. The molecule has 88 valence electrons. The van der Waals surface area contributed by atoms with Crippen molar-refractivity contribution in [2.24, 2.45) is 0 Å². The monoisotopic (exact) mass is 266 g/mol. The van der Waals surface area contributed by atoms with E-state index < -0.39 is 0 Å². The number of aryl methyl sites for hydroxylation is 1. The van der Waals surface area contributed by atoms with E-state index in [1.807, 2.05) is 42.1 Å². The van der Waals surface area contributed by atoms with Crippen LogP contribution in [0.25, 0.3) is 0 Å². The molecule has 3 heteroatoms. The number of benzene rings is 2. The van der Waals surface area contributed by atoms with Gasteiger partial charge < -0.3 is 0 Å². The molecular formula is C15H15NaOS. The molecule has 0 aliphatic heterocycles. The fourth-order valence-corrected chi connectivity index (χ4v) is 2.49. The van der Waals surface area contributed by atoms with Crippen molar-refractivity contribution >= 4 is 47.6 Å². The molecule has 1 nitrogen and oxygen atoms in total. The Balaban J connectivity index is 0.00000162. The van der Waals surface area contributed by atoms with Crippen LogP contribution in [-0.4, -0.2) is 41.6 Å². The number of carbonyl (C=O) groups is 1. The number of carbonyl (C=O) groups excluding carboxylic acids is 1. The van der Waals surface area contributed by atoms with E-state index in [-0.39, 0.29) is 29.6 Å². The summed E-state index contributed by atoms with van der Waals surface area (Å²) in [5, 5.41) is 0. The standard InChI is InChI=1S/C15H14OS.Na.H/c16-12-14-8-6-13(7-9-14)10-11-17-15-4-2-1-3-5-15;;/h1-9,12H,10-11H2;;. The minimum absolute atomic E-state index is 0. The van der Waals surface area contributed by atoms with Crippen LogP contribution in [-0.2, 0) is 6.42 Å². The van der Waals surface area contributed by atoms with Gasteiger partial charge in [0.1, 0.15) is 6.29 Å². The van der Waals surface area contributed by atoms with Crippen molar-refractivity contribution < 1.29 is 4.79 Å². The molecule has 0 saturated carbocycles. The SMILES string of the molecule is O=Cc1ccc(CCSc2ccccc2)cc1.[NaH]. The van der Waals surface area contributed by atoms with E-state index in [4.69, 9.17) is 0 Å². The second-order valence-corrected chi connectivity index (χ2v) is 4.94. The molecule has 2 aromatic rings. The average Bonchev–Trinajstić information content (AvgIpc) is 2.41. The molecule has 0 aliphatic rings. The summed E-state index contributed by atoms with van der Waals surface area (Å²) in [4.78, 5) is 11.8. The van der Waals surface area contributed by atoms with Crippen LogP contribution in [0.15, 0.2) is 59.5 Å². The fourth-order valence-electron chi connectivity index (χ4n) is 1.57. The number of hydrogen-bond acceptors (Lipinski definition) is 2. The molecule has 0 saturated heterocycles. The first-order valence-electron chi connectivity index (χ1n) is 5.60. The molecule has 0 spiro atoms. The summed E-state index contributed by atoms with van der Waals surface area (Å²) >= 11 is 1.86. The van der Waals surface area contributed by atoms with Gasteiger partial charge in [-0.3, -0.25) is 4.79 Å². The van der Waals surface area contributed by atoms with Gasteiger partial charge in [-0.25, -0.2) is 0 Å². The predicted molar refractivity (Wildman–Crippen MR) is 79.8 cm³/mol. The summed E-state index contributed by atoms with van der Waals surface area (Å²) < 4.78 is 0. The summed E-state index contributed by atoms with van der Waals surface area (Å²) in [6.45, 7) is 0. The van der Waals surface area contributed by atoms with Crippen molar-refractivity contribution in [1.29, 1.82) is 0 Å². The Morgan fingerprint density at radius 2 is 1.61 bits per heavy atom. The average molecular weight is 266 g/mol. The van der Waals surface area contributed by atoms with Crippen LogP contribution in [0.3, 0.4) is 0 Å². The van der Waals surface area contributed by atoms with Gasteiger partial charge in [0.2, 0.25) is 0 Å². The minimum atomic E-state index is 0. The van der Waals surface area contributed by atoms with Crippen LogP contribution in [0, 0.1) is 0 Å². The molecule has 0 aromatic heterocycles. The Morgan fingerprint density at radius 1 is 0.944 bits per heavy atom. The predicted octanol–water partition coefficient (Wildman–Crippen LogP) is 3.19. The van der Waals surface area contributed by atoms with Crippen molar-refractivity contribution in [2.75, 3.05) is 5.75 Å². The fraction of sp³-hybridized carbons (Fsp3) is 0.133. The molecular weight excluding hydrogens is 251 g/mol. The molecule has 0 bridgehead atoms. The summed E-state index contributed by atoms with van der Waals surface area (Å²) in [7, 11) is 0. The van der Waals surface area contributed by atoms with E-state index in [0.717, 1.165) is 24.0 Å². The van der Waals surface area contributed by atoms with Crippen molar-refractivity contribution in [1.82, 2.24) is 0 Å². The van der Waals surface area contributed by atoms with Gasteiger partial charge in [0.15, 0.2) is 0 Å². The molecule has 18 heavy (non-hydrogen) atoms. The number of aldehydes is 1. The zero-order valence-corrected chi connectivity index (χ0v) is 10.3. The van der Waals surface area contributed by atoms with Crippen LogP contribution < -0.4 is 0 Å². The van der Waals surface area contributed by atoms with Gasteiger partial charge in [0, 0.05) is 16.2 Å². The molecule has 0 heterocycles. The van der Waals surface area contributed by atoms with Crippen LogP contribution in [0.1, 0.15) is 15.9 Å². The van der Waals surface area contributed by atoms with Gasteiger partial charge in [-0.05, 0) is 24.1 Å². The number of rotatable bonds is 5. The van der Waals surface area contributed by atoms with Gasteiger partial charge in [0.25, 0.3) is 0 Å². The van der Waals surface area contributed by atoms with E-state index in [2.05, 4.69) is 24.3 Å². The van der Waals surface area contributed by atoms with E-state index in [0.29, 0.717) is 0 Å². The molecule has 0 radical (unpaired) electrons. The van der Waals surface area contributed by atoms with E-state index in [1.165, 1.54) is 10.5 Å². The molecule has 0 N–H and O–H groups in total. The van der Waals surface area contributed by atoms with Gasteiger partial charge in [-0.15, -0.1) is 11.8 Å². The Morgan fingerprint density at radius 3 is 2.22 bits per heavy atom. The Hall–Kier alpha value is -0.540. The summed E-state index contributed by atoms with van der Waals surface area (Å²) in [6, 6.07) is 18.2. The first kappa shape index (κ1) is 15.5. The van der Waals surface area contributed by atoms with E-state index in [9.17, 15) is 4.79 Å². The van der Waals surface area contributed by atoms with Gasteiger partial charge in [-0.1, -0.05) is 42.5 Å². The van der Waals surface area contributed by atoms with Crippen molar-refractivity contribution in [2.45, 2.75) is 11.3 Å². The van der Waals surface area contributed by atoms with Crippen LogP contribution in [0.5, 0.6) is 0 Å². The zero-order valence-electron chi connectivity index (χ0n) is 9.50. The first-order chi connectivity index (χ1) is 8.38. The molecule has 0 fully saturated rings. The van der Waals surface area contributed by atoms with Gasteiger partial charge in [0.05, 0.1) is 0 Å². The molecule has 0 unspecified atom stereocenters. The topological polar surface area (TPSA) is 17.1 Å². The number of thioether (sulfide) groups is 1. The van der Waals surface area contributed by atoms with Crippen LogP contribution >= 0.6 is 11.8 Å². The maximum absolute atomic E-state index is 10.5.